The molecule has 0 aliphatic carbocycles. The van der Waals surface area contributed by atoms with Gasteiger partial charge in [0.05, 0.1) is 12.2 Å². The average Bonchev–Trinajstić information content (AvgIpc) is 3.15. The van der Waals surface area contributed by atoms with Crippen LogP contribution in [0.5, 0.6) is 0 Å². The zero-order valence-corrected chi connectivity index (χ0v) is 15.8. The molecule has 0 bridgehead atoms. The van der Waals surface area contributed by atoms with Crippen molar-refractivity contribution in [2.24, 2.45) is 7.05 Å². The molecular formula is C19H29N5O. The van der Waals surface area contributed by atoms with Gasteiger partial charge in [0.15, 0.2) is 0 Å². The summed E-state index contributed by atoms with van der Waals surface area (Å²) in [6, 6.07) is 3.88. The summed E-state index contributed by atoms with van der Waals surface area (Å²) in [5.41, 5.74) is 0.900. The van der Waals surface area contributed by atoms with Crippen molar-refractivity contribution in [2.75, 3.05) is 13.1 Å². The maximum Gasteiger partial charge on any atom is 0.266 e. The van der Waals surface area contributed by atoms with Crippen LogP contribution in [-0.4, -0.2) is 43.4 Å². The van der Waals surface area contributed by atoms with Crippen LogP contribution >= 0.6 is 0 Å². The molecule has 0 aromatic carbocycles. The molecule has 1 atom stereocenters. The second kappa shape index (κ2) is 7.12. The second-order valence-corrected chi connectivity index (χ2v) is 8.03. The average molecular weight is 343 g/mol. The van der Waals surface area contributed by atoms with E-state index in [1.807, 2.05) is 25.5 Å². The highest BCUT2D eigenvalue weighted by Crippen LogP contribution is 2.20. The van der Waals surface area contributed by atoms with E-state index in [1.54, 1.807) is 10.7 Å². The second-order valence-electron chi connectivity index (χ2n) is 8.03. The molecule has 1 aliphatic rings. The smallest absolute Gasteiger partial charge is 0.266 e. The first-order chi connectivity index (χ1) is 11.8. The SMILES string of the molecule is Cn1ccnc1CCN1CCCC1Cn1nc(C(C)(C)C)ccc1=O. The van der Waals surface area contributed by atoms with Crippen molar-refractivity contribution in [3.63, 3.8) is 0 Å². The summed E-state index contributed by atoms with van der Waals surface area (Å²) in [5, 5.41) is 4.63. The molecule has 1 aliphatic heterocycles. The zero-order valence-electron chi connectivity index (χ0n) is 15.8. The molecule has 1 fully saturated rings. The van der Waals surface area contributed by atoms with Gasteiger partial charge in [0.1, 0.15) is 5.82 Å². The van der Waals surface area contributed by atoms with E-state index in [0.717, 1.165) is 37.4 Å². The summed E-state index contributed by atoms with van der Waals surface area (Å²) in [5.74, 6) is 1.11. The zero-order chi connectivity index (χ0) is 18.0. The highest BCUT2D eigenvalue weighted by molar-refractivity contribution is 5.10. The molecule has 6 nitrogen and oxygen atoms in total. The third kappa shape index (κ3) is 4.18. The molecule has 136 valence electrons. The Morgan fingerprint density at radius 3 is 2.76 bits per heavy atom. The lowest BCUT2D eigenvalue weighted by Crippen LogP contribution is -2.38. The first kappa shape index (κ1) is 17.9. The molecule has 0 amide bonds. The Hall–Kier alpha value is -1.95. The van der Waals surface area contributed by atoms with Gasteiger partial charge in [0.25, 0.3) is 5.56 Å². The van der Waals surface area contributed by atoms with E-state index in [0.29, 0.717) is 12.6 Å². The van der Waals surface area contributed by atoms with Gasteiger partial charge >= 0.3 is 0 Å². The van der Waals surface area contributed by atoms with E-state index in [-0.39, 0.29) is 11.0 Å². The number of aromatic nitrogens is 4. The Bertz CT molecular complexity index is 771. The normalized spacial score (nSPS) is 18.8. The van der Waals surface area contributed by atoms with Crippen LogP contribution in [0.2, 0.25) is 0 Å². The lowest BCUT2D eigenvalue weighted by atomic mass is 9.92. The number of aryl methyl sites for hydroxylation is 1. The summed E-state index contributed by atoms with van der Waals surface area (Å²) in [6.07, 6.45) is 7.06. The van der Waals surface area contributed by atoms with Gasteiger partial charge in [-0.05, 0) is 25.5 Å². The van der Waals surface area contributed by atoms with Crippen LogP contribution in [0.4, 0.5) is 0 Å². The van der Waals surface area contributed by atoms with E-state index in [9.17, 15) is 4.79 Å². The van der Waals surface area contributed by atoms with Crippen LogP contribution in [-0.2, 0) is 25.4 Å². The van der Waals surface area contributed by atoms with E-state index in [1.165, 1.54) is 6.42 Å². The van der Waals surface area contributed by atoms with Crippen LogP contribution in [0, 0.1) is 0 Å². The van der Waals surface area contributed by atoms with Crippen molar-refractivity contribution < 1.29 is 0 Å². The van der Waals surface area contributed by atoms with Gasteiger partial charge in [-0.25, -0.2) is 9.67 Å². The quantitative estimate of drug-likeness (QED) is 0.833. The number of hydrogen-bond acceptors (Lipinski definition) is 4. The van der Waals surface area contributed by atoms with Crippen LogP contribution in [0.3, 0.4) is 0 Å². The fourth-order valence-corrected chi connectivity index (χ4v) is 3.46. The summed E-state index contributed by atoms with van der Waals surface area (Å²) in [6.45, 7) is 9.10. The fourth-order valence-electron chi connectivity index (χ4n) is 3.46. The molecule has 6 heteroatoms. The summed E-state index contributed by atoms with van der Waals surface area (Å²) in [7, 11) is 2.03. The van der Waals surface area contributed by atoms with Crippen LogP contribution in [0.25, 0.3) is 0 Å². The van der Waals surface area contributed by atoms with Gasteiger partial charge in [-0.3, -0.25) is 9.69 Å². The molecular weight excluding hydrogens is 314 g/mol. The van der Waals surface area contributed by atoms with Crippen molar-refractivity contribution in [2.45, 2.75) is 58.0 Å². The van der Waals surface area contributed by atoms with E-state index >= 15 is 0 Å². The van der Waals surface area contributed by atoms with Crippen molar-refractivity contribution in [3.8, 4) is 0 Å². The number of imidazole rings is 1. The van der Waals surface area contributed by atoms with Crippen LogP contribution in [0.1, 0.15) is 45.1 Å². The van der Waals surface area contributed by atoms with Gasteiger partial charge in [-0.15, -0.1) is 0 Å². The Labute approximate surface area is 149 Å². The fraction of sp³-hybridized carbons (Fsp3) is 0.632. The number of rotatable bonds is 5. The topological polar surface area (TPSA) is 56.0 Å². The maximum atomic E-state index is 12.3. The van der Waals surface area contributed by atoms with Crippen LogP contribution < -0.4 is 5.56 Å². The molecule has 3 heterocycles. The van der Waals surface area contributed by atoms with E-state index in [2.05, 4.69) is 40.3 Å². The molecule has 3 rings (SSSR count). The van der Waals surface area contributed by atoms with E-state index < -0.39 is 0 Å². The summed E-state index contributed by atoms with van der Waals surface area (Å²) in [4.78, 5) is 19.1. The number of likely N-dealkylation sites (tertiary alicyclic amines) is 1. The summed E-state index contributed by atoms with van der Waals surface area (Å²) >= 11 is 0. The molecule has 0 spiro atoms. The standard InChI is InChI=1S/C19H29N5O/c1-19(2,3)16-7-8-18(25)24(21-16)14-15-6-5-11-23(15)12-9-17-20-10-13-22(17)4/h7-8,10,13,15H,5-6,9,11-12,14H2,1-4H3. The van der Waals surface area contributed by atoms with Gasteiger partial charge in [0, 0.05) is 49.9 Å². The molecule has 1 unspecified atom stereocenters. The van der Waals surface area contributed by atoms with Crippen molar-refractivity contribution >= 4 is 0 Å². The summed E-state index contributed by atoms with van der Waals surface area (Å²) < 4.78 is 3.73. The van der Waals surface area contributed by atoms with Gasteiger partial charge in [-0.1, -0.05) is 20.8 Å². The highest BCUT2D eigenvalue weighted by atomic mass is 16.1. The minimum Gasteiger partial charge on any atom is -0.338 e. The Morgan fingerprint density at radius 1 is 1.28 bits per heavy atom. The first-order valence-electron chi connectivity index (χ1n) is 9.13. The minimum atomic E-state index is -0.0526. The lowest BCUT2D eigenvalue weighted by Gasteiger charge is -2.25. The Morgan fingerprint density at radius 2 is 2.08 bits per heavy atom. The monoisotopic (exact) mass is 343 g/mol. The van der Waals surface area contributed by atoms with E-state index in [4.69, 9.17) is 0 Å². The van der Waals surface area contributed by atoms with Crippen molar-refractivity contribution in [3.05, 3.63) is 46.4 Å². The third-order valence-electron chi connectivity index (χ3n) is 5.06. The van der Waals surface area contributed by atoms with Gasteiger partial charge in [-0.2, -0.15) is 5.10 Å². The van der Waals surface area contributed by atoms with Crippen LogP contribution in [0.15, 0.2) is 29.3 Å². The number of hydrogen-bond donors (Lipinski definition) is 0. The highest BCUT2D eigenvalue weighted by Gasteiger charge is 2.26. The van der Waals surface area contributed by atoms with Gasteiger partial charge < -0.3 is 4.57 Å². The Balaban J connectivity index is 1.69. The van der Waals surface area contributed by atoms with Crippen molar-refractivity contribution in [1.29, 1.82) is 0 Å². The minimum absolute atomic E-state index is 0.0102. The number of nitrogens with zero attached hydrogens (tertiary/aromatic N) is 5. The molecule has 0 saturated carbocycles. The first-order valence-corrected chi connectivity index (χ1v) is 9.13. The predicted molar refractivity (Wildman–Crippen MR) is 98.7 cm³/mol. The maximum absolute atomic E-state index is 12.3. The molecule has 0 N–H and O–H groups in total. The molecule has 1 saturated heterocycles. The Kier molecular flexibility index (Phi) is 5.08. The largest absolute Gasteiger partial charge is 0.338 e. The predicted octanol–water partition coefficient (Wildman–Crippen LogP) is 1.98. The van der Waals surface area contributed by atoms with Crippen molar-refractivity contribution in [1.82, 2.24) is 24.2 Å². The van der Waals surface area contributed by atoms with Gasteiger partial charge in [0.2, 0.25) is 0 Å². The molecule has 2 aromatic rings. The molecule has 25 heavy (non-hydrogen) atoms. The third-order valence-corrected chi connectivity index (χ3v) is 5.06. The molecule has 2 aromatic heterocycles. The molecule has 0 radical (unpaired) electrons. The lowest BCUT2D eigenvalue weighted by molar-refractivity contribution is 0.224.